The van der Waals surface area contributed by atoms with Crippen LogP contribution in [0.4, 0.5) is 5.69 Å². The number of pyridine rings is 1. The van der Waals surface area contributed by atoms with Crippen LogP contribution in [0.15, 0.2) is 47.8 Å². The summed E-state index contributed by atoms with van der Waals surface area (Å²) in [6.45, 7) is 5.31. The molecule has 31 heavy (non-hydrogen) atoms. The van der Waals surface area contributed by atoms with Gasteiger partial charge in [-0.3, -0.25) is 9.48 Å². The largest absolute Gasteiger partial charge is 0.449 e. The quantitative estimate of drug-likeness (QED) is 0.468. The van der Waals surface area contributed by atoms with Crippen LogP contribution >= 0.6 is 11.3 Å². The van der Waals surface area contributed by atoms with Gasteiger partial charge in [-0.05, 0) is 56.0 Å². The van der Waals surface area contributed by atoms with Gasteiger partial charge in [-0.25, -0.2) is 9.78 Å². The van der Waals surface area contributed by atoms with Crippen LogP contribution in [0.5, 0.6) is 0 Å². The third-order valence-corrected chi connectivity index (χ3v) is 5.79. The Balaban J connectivity index is 1.63. The minimum absolute atomic E-state index is 0.342. The van der Waals surface area contributed by atoms with Gasteiger partial charge in [-0.1, -0.05) is 18.2 Å². The SMILES string of the molecule is Cc1cccc(NC(=O)C(C)OC(=O)c2cc(-c3cccs3)nc3c2c(C)nn3C)c1. The molecule has 0 saturated carbocycles. The van der Waals surface area contributed by atoms with Crippen LogP contribution < -0.4 is 5.32 Å². The molecule has 4 rings (SSSR count). The second-order valence-electron chi connectivity index (χ2n) is 7.35. The Hall–Kier alpha value is -3.52. The number of ether oxygens (including phenoxy) is 1. The van der Waals surface area contributed by atoms with Crippen molar-refractivity contribution in [1.82, 2.24) is 14.8 Å². The summed E-state index contributed by atoms with van der Waals surface area (Å²) >= 11 is 1.53. The predicted octanol–water partition coefficient (Wildman–Crippen LogP) is 4.50. The molecule has 1 aromatic carbocycles. The number of hydrogen-bond acceptors (Lipinski definition) is 6. The number of nitrogens with one attached hydrogen (secondary N) is 1. The number of fused-ring (bicyclic) bond motifs is 1. The zero-order chi connectivity index (χ0) is 22.1. The van der Waals surface area contributed by atoms with E-state index in [9.17, 15) is 9.59 Å². The first kappa shape index (κ1) is 20.7. The van der Waals surface area contributed by atoms with Gasteiger partial charge in [0.1, 0.15) is 0 Å². The molecule has 3 aromatic heterocycles. The summed E-state index contributed by atoms with van der Waals surface area (Å²) in [4.78, 5) is 31.3. The number of aromatic nitrogens is 3. The fourth-order valence-electron chi connectivity index (χ4n) is 3.40. The third-order valence-electron chi connectivity index (χ3n) is 4.90. The Bertz CT molecular complexity index is 1280. The van der Waals surface area contributed by atoms with Crippen molar-refractivity contribution in [3.05, 3.63) is 64.7 Å². The lowest BCUT2D eigenvalue weighted by Crippen LogP contribution is -2.30. The number of carbonyl (C=O) groups excluding carboxylic acids is 2. The van der Waals surface area contributed by atoms with E-state index in [2.05, 4.69) is 15.4 Å². The Morgan fingerprint density at radius 2 is 1.97 bits per heavy atom. The van der Waals surface area contributed by atoms with E-state index >= 15 is 0 Å². The molecule has 0 saturated heterocycles. The first-order valence-electron chi connectivity index (χ1n) is 9.80. The average molecular weight is 435 g/mol. The number of amides is 1. The van der Waals surface area contributed by atoms with Crippen molar-refractivity contribution in [2.24, 2.45) is 7.05 Å². The molecule has 1 atom stereocenters. The van der Waals surface area contributed by atoms with Crippen LogP contribution in [0.25, 0.3) is 21.6 Å². The highest BCUT2D eigenvalue weighted by molar-refractivity contribution is 7.13. The van der Waals surface area contributed by atoms with Crippen molar-refractivity contribution < 1.29 is 14.3 Å². The normalized spacial score (nSPS) is 12.0. The molecule has 0 aliphatic rings. The highest BCUT2D eigenvalue weighted by Crippen LogP contribution is 2.29. The van der Waals surface area contributed by atoms with Crippen molar-refractivity contribution in [3.8, 4) is 10.6 Å². The summed E-state index contributed by atoms with van der Waals surface area (Å²) in [5.74, 6) is -0.987. The lowest BCUT2D eigenvalue weighted by molar-refractivity contribution is -0.123. The number of rotatable bonds is 5. The topological polar surface area (TPSA) is 86.1 Å². The highest BCUT2D eigenvalue weighted by Gasteiger charge is 2.24. The van der Waals surface area contributed by atoms with Gasteiger partial charge in [-0.2, -0.15) is 5.10 Å². The van der Waals surface area contributed by atoms with Gasteiger partial charge in [0.05, 0.1) is 27.2 Å². The van der Waals surface area contributed by atoms with Crippen molar-refractivity contribution in [1.29, 1.82) is 0 Å². The van der Waals surface area contributed by atoms with E-state index in [4.69, 9.17) is 4.74 Å². The molecule has 8 heteroatoms. The molecule has 0 aliphatic carbocycles. The summed E-state index contributed by atoms with van der Waals surface area (Å²) in [6.07, 6.45) is -0.974. The van der Waals surface area contributed by atoms with Crippen LogP contribution in [0.3, 0.4) is 0 Å². The molecule has 1 unspecified atom stereocenters. The molecular weight excluding hydrogens is 412 g/mol. The molecule has 0 aliphatic heterocycles. The average Bonchev–Trinajstić information content (AvgIpc) is 3.36. The van der Waals surface area contributed by atoms with E-state index in [0.29, 0.717) is 33.7 Å². The fraction of sp³-hybridized carbons (Fsp3) is 0.217. The minimum atomic E-state index is -0.974. The van der Waals surface area contributed by atoms with Crippen LogP contribution in [0.2, 0.25) is 0 Å². The number of benzene rings is 1. The van der Waals surface area contributed by atoms with Gasteiger partial charge in [0, 0.05) is 12.7 Å². The van der Waals surface area contributed by atoms with Gasteiger partial charge in [0.25, 0.3) is 5.91 Å². The number of aryl methyl sites for hydroxylation is 3. The molecule has 3 heterocycles. The smallest absolute Gasteiger partial charge is 0.339 e. The zero-order valence-corrected chi connectivity index (χ0v) is 18.5. The van der Waals surface area contributed by atoms with E-state index in [1.165, 1.54) is 11.3 Å². The van der Waals surface area contributed by atoms with E-state index < -0.39 is 18.0 Å². The number of anilines is 1. The minimum Gasteiger partial charge on any atom is -0.449 e. The lowest BCUT2D eigenvalue weighted by atomic mass is 10.1. The maximum Gasteiger partial charge on any atom is 0.339 e. The highest BCUT2D eigenvalue weighted by atomic mass is 32.1. The lowest BCUT2D eigenvalue weighted by Gasteiger charge is -2.15. The monoisotopic (exact) mass is 434 g/mol. The summed E-state index contributed by atoms with van der Waals surface area (Å²) in [5, 5.41) is 9.76. The van der Waals surface area contributed by atoms with Gasteiger partial charge in [0.15, 0.2) is 11.8 Å². The van der Waals surface area contributed by atoms with E-state index in [0.717, 1.165) is 10.4 Å². The van der Waals surface area contributed by atoms with Crippen LogP contribution in [0, 0.1) is 13.8 Å². The van der Waals surface area contributed by atoms with Crippen molar-refractivity contribution in [2.45, 2.75) is 26.9 Å². The van der Waals surface area contributed by atoms with Gasteiger partial charge in [-0.15, -0.1) is 11.3 Å². The second kappa shape index (κ2) is 8.31. The number of nitrogens with zero attached hydrogens (tertiary/aromatic N) is 3. The summed E-state index contributed by atoms with van der Waals surface area (Å²) in [5.41, 5.74) is 3.94. The van der Waals surface area contributed by atoms with Gasteiger partial charge < -0.3 is 10.1 Å². The fourth-order valence-corrected chi connectivity index (χ4v) is 4.09. The number of esters is 1. The molecule has 1 N–H and O–H groups in total. The molecule has 1 amide bonds. The molecule has 4 aromatic rings. The molecular formula is C23H22N4O3S. The Morgan fingerprint density at radius 3 is 2.68 bits per heavy atom. The van der Waals surface area contributed by atoms with Crippen LogP contribution in [-0.2, 0) is 16.6 Å². The van der Waals surface area contributed by atoms with Crippen LogP contribution in [-0.4, -0.2) is 32.7 Å². The second-order valence-corrected chi connectivity index (χ2v) is 8.29. The molecule has 0 radical (unpaired) electrons. The summed E-state index contributed by atoms with van der Waals surface area (Å²) in [6, 6.07) is 13.0. The Labute approximate surface area is 183 Å². The molecule has 0 bridgehead atoms. The predicted molar refractivity (Wildman–Crippen MR) is 121 cm³/mol. The molecule has 158 valence electrons. The zero-order valence-electron chi connectivity index (χ0n) is 17.7. The maximum absolute atomic E-state index is 13.1. The van der Waals surface area contributed by atoms with E-state index in [1.54, 1.807) is 30.8 Å². The van der Waals surface area contributed by atoms with E-state index in [1.807, 2.05) is 49.6 Å². The number of thiophene rings is 1. The van der Waals surface area contributed by atoms with Crippen molar-refractivity contribution in [2.75, 3.05) is 5.32 Å². The van der Waals surface area contributed by atoms with E-state index in [-0.39, 0.29) is 0 Å². The van der Waals surface area contributed by atoms with Gasteiger partial charge >= 0.3 is 5.97 Å². The molecule has 0 fully saturated rings. The number of hydrogen-bond donors (Lipinski definition) is 1. The van der Waals surface area contributed by atoms with Crippen molar-refractivity contribution >= 4 is 39.9 Å². The van der Waals surface area contributed by atoms with Gasteiger partial charge in [0.2, 0.25) is 0 Å². The Kier molecular flexibility index (Phi) is 5.56. The summed E-state index contributed by atoms with van der Waals surface area (Å²) in [7, 11) is 1.79. The maximum atomic E-state index is 13.1. The summed E-state index contributed by atoms with van der Waals surface area (Å²) < 4.78 is 7.18. The van der Waals surface area contributed by atoms with Crippen molar-refractivity contribution in [3.63, 3.8) is 0 Å². The molecule has 7 nitrogen and oxygen atoms in total. The number of carbonyl (C=O) groups is 2. The first-order valence-corrected chi connectivity index (χ1v) is 10.7. The Morgan fingerprint density at radius 1 is 1.16 bits per heavy atom. The van der Waals surface area contributed by atoms with Crippen LogP contribution in [0.1, 0.15) is 28.5 Å². The molecule has 0 spiro atoms. The standard InChI is InChI=1S/C23H22N4O3S/c1-13-7-5-8-16(11-13)24-22(28)15(3)30-23(29)17-12-18(19-9-6-10-31-19)25-21-20(17)14(2)26-27(21)4/h5-12,15H,1-4H3,(H,24,28). The third kappa shape index (κ3) is 4.20. The first-order chi connectivity index (χ1) is 14.8.